The molecule has 0 saturated carbocycles. The number of nitrogens with zero attached hydrogens (tertiary/aromatic N) is 3. The molecule has 8 nitrogen and oxygen atoms in total. The summed E-state index contributed by atoms with van der Waals surface area (Å²) in [6.07, 6.45) is 3.33. The maximum absolute atomic E-state index is 12.2. The van der Waals surface area contributed by atoms with E-state index in [0.717, 1.165) is 5.56 Å². The summed E-state index contributed by atoms with van der Waals surface area (Å²) < 4.78 is 28.5. The van der Waals surface area contributed by atoms with Crippen LogP contribution >= 0.6 is 0 Å². The molecule has 27 heavy (non-hydrogen) atoms. The van der Waals surface area contributed by atoms with Crippen LogP contribution in [0.5, 0.6) is 0 Å². The molecule has 0 amide bonds. The highest BCUT2D eigenvalue weighted by molar-refractivity contribution is 7.93. The van der Waals surface area contributed by atoms with Crippen molar-refractivity contribution in [3.63, 3.8) is 0 Å². The molecule has 0 unspecified atom stereocenters. The van der Waals surface area contributed by atoms with E-state index in [1.165, 1.54) is 26.0 Å². The zero-order valence-electron chi connectivity index (χ0n) is 14.7. The number of nitro groups is 1. The number of hydrogen-bond acceptors (Lipinski definition) is 5. The van der Waals surface area contributed by atoms with Crippen LogP contribution in [0.25, 0.3) is 17.1 Å². The molecule has 0 aliphatic carbocycles. The minimum atomic E-state index is -3.73. The number of sulfonamides is 1. The first-order valence-electron chi connectivity index (χ1n) is 8.19. The van der Waals surface area contributed by atoms with E-state index >= 15 is 0 Å². The van der Waals surface area contributed by atoms with Gasteiger partial charge < -0.3 is 0 Å². The van der Waals surface area contributed by atoms with Crippen LogP contribution in [0.15, 0.2) is 60.9 Å². The highest BCUT2D eigenvalue weighted by atomic mass is 32.2. The molecule has 140 valence electrons. The second-order valence-electron chi connectivity index (χ2n) is 6.14. The van der Waals surface area contributed by atoms with Crippen LogP contribution in [0.2, 0.25) is 0 Å². The molecule has 0 bridgehead atoms. The predicted octanol–water partition coefficient (Wildman–Crippen LogP) is 3.60. The van der Waals surface area contributed by atoms with Gasteiger partial charge in [-0.1, -0.05) is 30.3 Å². The second kappa shape index (κ2) is 7.20. The van der Waals surface area contributed by atoms with E-state index in [2.05, 4.69) is 9.71 Å². The summed E-state index contributed by atoms with van der Waals surface area (Å²) in [5.41, 5.74) is 1.02. The fraction of sp³-hybridized carbons (Fsp3) is 0.167. The van der Waals surface area contributed by atoms with E-state index in [4.69, 9.17) is 0 Å². The fourth-order valence-corrected chi connectivity index (χ4v) is 3.20. The zero-order chi connectivity index (χ0) is 19.6. The standard InChI is InChI=1S/C18H18N4O4S/c1-13(2)27(25,26)20-16-12-15(8-9-17(16)22(23)24)21-11-10-19-18(21)14-6-4-3-5-7-14/h3-13,20H,1-2H3. The minimum Gasteiger partial charge on any atom is -0.300 e. The maximum atomic E-state index is 12.2. The van der Waals surface area contributed by atoms with Crippen molar-refractivity contribution in [2.45, 2.75) is 19.1 Å². The van der Waals surface area contributed by atoms with Crippen LogP contribution in [-0.4, -0.2) is 28.1 Å². The number of hydrogen-bond donors (Lipinski definition) is 1. The van der Waals surface area contributed by atoms with E-state index in [9.17, 15) is 18.5 Å². The van der Waals surface area contributed by atoms with Gasteiger partial charge in [0.25, 0.3) is 5.69 Å². The third-order valence-corrected chi connectivity index (χ3v) is 5.75. The fourth-order valence-electron chi connectivity index (χ4n) is 2.50. The number of nitrogens with one attached hydrogen (secondary N) is 1. The summed E-state index contributed by atoms with van der Waals surface area (Å²) >= 11 is 0. The van der Waals surface area contributed by atoms with Crippen LogP contribution < -0.4 is 4.72 Å². The number of aromatic nitrogens is 2. The lowest BCUT2D eigenvalue weighted by atomic mass is 10.2. The van der Waals surface area contributed by atoms with Crippen molar-refractivity contribution in [1.29, 1.82) is 0 Å². The average molecular weight is 386 g/mol. The molecule has 0 aliphatic rings. The van der Waals surface area contributed by atoms with Crippen molar-refractivity contribution >= 4 is 21.4 Å². The molecule has 0 fully saturated rings. The third-order valence-electron chi connectivity index (χ3n) is 4.00. The SMILES string of the molecule is CC(C)S(=O)(=O)Nc1cc(-n2ccnc2-c2ccccc2)ccc1[N+](=O)[O-]. The van der Waals surface area contributed by atoms with Gasteiger partial charge in [-0.3, -0.25) is 19.4 Å². The summed E-state index contributed by atoms with van der Waals surface area (Å²) in [7, 11) is -3.73. The molecule has 0 atom stereocenters. The highest BCUT2D eigenvalue weighted by Gasteiger charge is 2.23. The van der Waals surface area contributed by atoms with E-state index in [0.29, 0.717) is 11.5 Å². The van der Waals surface area contributed by atoms with Crippen molar-refractivity contribution < 1.29 is 13.3 Å². The van der Waals surface area contributed by atoms with Crippen LogP contribution in [0.1, 0.15) is 13.8 Å². The quantitative estimate of drug-likeness (QED) is 0.514. The van der Waals surface area contributed by atoms with Gasteiger partial charge in [0.2, 0.25) is 10.0 Å². The minimum absolute atomic E-state index is 0.0843. The van der Waals surface area contributed by atoms with Crippen LogP contribution in [-0.2, 0) is 10.0 Å². The Kier molecular flexibility index (Phi) is 4.95. The van der Waals surface area contributed by atoms with Gasteiger partial charge in [-0.2, -0.15) is 0 Å². The summed E-state index contributed by atoms with van der Waals surface area (Å²) in [4.78, 5) is 15.0. The van der Waals surface area contributed by atoms with Gasteiger partial charge in [0.05, 0.1) is 10.2 Å². The van der Waals surface area contributed by atoms with Gasteiger partial charge in [-0.15, -0.1) is 0 Å². The van der Waals surface area contributed by atoms with Crippen LogP contribution in [0, 0.1) is 10.1 Å². The summed E-state index contributed by atoms with van der Waals surface area (Å²) in [5, 5.41) is 10.6. The monoisotopic (exact) mass is 386 g/mol. The molecule has 1 aromatic heterocycles. The lowest BCUT2D eigenvalue weighted by Gasteiger charge is -2.13. The summed E-state index contributed by atoms with van der Waals surface area (Å²) in [6, 6.07) is 13.7. The molecule has 9 heteroatoms. The topological polar surface area (TPSA) is 107 Å². The number of rotatable bonds is 6. The highest BCUT2D eigenvalue weighted by Crippen LogP contribution is 2.30. The smallest absolute Gasteiger partial charge is 0.293 e. The van der Waals surface area contributed by atoms with Crippen LogP contribution in [0.4, 0.5) is 11.4 Å². The Morgan fingerprint density at radius 2 is 1.85 bits per heavy atom. The van der Waals surface area contributed by atoms with E-state index < -0.39 is 20.2 Å². The molecule has 0 radical (unpaired) electrons. The van der Waals surface area contributed by atoms with Crippen molar-refractivity contribution in [3.05, 3.63) is 71.0 Å². The molecule has 3 aromatic rings. The van der Waals surface area contributed by atoms with E-state index in [-0.39, 0.29) is 11.4 Å². The number of anilines is 1. The molecular weight excluding hydrogens is 368 g/mol. The van der Waals surface area contributed by atoms with Crippen molar-refractivity contribution in [2.75, 3.05) is 4.72 Å². The molecule has 0 saturated heterocycles. The third kappa shape index (κ3) is 3.82. The first-order chi connectivity index (χ1) is 12.8. The first kappa shape index (κ1) is 18.6. The van der Waals surface area contributed by atoms with E-state index in [1.54, 1.807) is 23.0 Å². The molecule has 1 heterocycles. The number of benzene rings is 2. The van der Waals surface area contributed by atoms with Gasteiger partial charge in [-0.05, 0) is 26.0 Å². The molecular formula is C18H18N4O4S. The van der Waals surface area contributed by atoms with Crippen LogP contribution in [0.3, 0.4) is 0 Å². The number of imidazole rings is 1. The Balaban J connectivity index is 2.11. The summed E-state index contributed by atoms with van der Waals surface area (Å²) in [6.45, 7) is 3.00. The molecule has 1 N–H and O–H groups in total. The normalized spacial score (nSPS) is 11.5. The Hall–Kier alpha value is -3.20. The Labute approximate surface area is 156 Å². The largest absolute Gasteiger partial charge is 0.300 e. The lowest BCUT2D eigenvalue weighted by molar-refractivity contribution is -0.383. The van der Waals surface area contributed by atoms with E-state index in [1.807, 2.05) is 30.3 Å². The maximum Gasteiger partial charge on any atom is 0.293 e. The second-order valence-corrected chi connectivity index (χ2v) is 8.38. The van der Waals surface area contributed by atoms with Crippen molar-refractivity contribution in [1.82, 2.24) is 9.55 Å². The molecule has 2 aromatic carbocycles. The van der Waals surface area contributed by atoms with Gasteiger partial charge >= 0.3 is 0 Å². The molecule has 3 rings (SSSR count). The van der Waals surface area contributed by atoms with Crippen molar-refractivity contribution in [2.24, 2.45) is 0 Å². The summed E-state index contributed by atoms with van der Waals surface area (Å²) in [5.74, 6) is 0.641. The van der Waals surface area contributed by atoms with Crippen molar-refractivity contribution in [3.8, 4) is 17.1 Å². The van der Waals surface area contributed by atoms with Gasteiger partial charge in [-0.25, -0.2) is 13.4 Å². The first-order valence-corrected chi connectivity index (χ1v) is 9.73. The van der Waals surface area contributed by atoms with Gasteiger partial charge in [0.1, 0.15) is 11.5 Å². The number of nitro benzene ring substituents is 1. The Bertz CT molecular complexity index is 1080. The Morgan fingerprint density at radius 1 is 1.15 bits per heavy atom. The Morgan fingerprint density at radius 3 is 2.48 bits per heavy atom. The van der Waals surface area contributed by atoms with Gasteiger partial charge in [0.15, 0.2) is 0 Å². The lowest BCUT2D eigenvalue weighted by Crippen LogP contribution is -2.23. The molecule has 0 aliphatic heterocycles. The zero-order valence-corrected chi connectivity index (χ0v) is 15.6. The van der Waals surface area contributed by atoms with Gasteiger partial charge in [0, 0.05) is 29.7 Å². The predicted molar refractivity (Wildman–Crippen MR) is 103 cm³/mol. The average Bonchev–Trinajstić information content (AvgIpc) is 3.11. The molecule has 0 spiro atoms.